The third-order valence-corrected chi connectivity index (χ3v) is 3.94. The molecule has 1 N–H and O–H groups in total. The minimum atomic E-state index is -1.10. The summed E-state index contributed by atoms with van der Waals surface area (Å²) in [6, 6.07) is 8.80. The van der Waals surface area contributed by atoms with Gasteiger partial charge >= 0.3 is 5.97 Å². The van der Waals surface area contributed by atoms with Gasteiger partial charge in [-0.1, -0.05) is 17.7 Å². The van der Waals surface area contributed by atoms with E-state index < -0.39 is 23.8 Å². The highest BCUT2D eigenvalue weighted by atomic mass is 35.5. The highest BCUT2D eigenvalue weighted by molar-refractivity contribution is 6.30. The smallest absolute Gasteiger partial charge is 0.341 e. The van der Waals surface area contributed by atoms with Crippen LogP contribution in [-0.2, 0) is 16.1 Å². The summed E-state index contributed by atoms with van der Waals surface area (Å²) in [7, 11) is 0. The van der Waals surface area contributed by atoms with Crippen molar-refractivity contribution in [1.82, 2.24) is 5.32 Å². The number of halogens is 2. The molecule has 8 heteroatoms. The zero-order valence-corrected chi connectivity index (χ0v) is 14.5. The summed E-state index contributed by atoms with van der Waals surface area (Å²) >= 11 is 5.74. The van der Waals surface area contributed by atoms with Crippen molar-refractivity contribution in [3.8, 4) is 11.5 Å². The SMILES string of the molecule is CC(OC(=O)c1cc(Cl)ccc1F)C(=O)NCc1ccc2c(c1)OCO2. The Kier molecular flexibility index (Phi) is 5.27. The Morgan fingerprint density at radius 1 is 1.23 bits per heavy atom. The monoisotopic (exact) mass is 379 g/mol. The third kappa shape index (κ3) is 4.05. The van der Waals surface area contributed by atoms with Crippen LogP contribution in [0.4, 0.5) is 4.39 Å². The Bertz CT molecular complexity index is 857. The molecule has 1 unspecified atom stereocenters. The summed E-state index contributed by atoms with van der Waals surface area (Å²) in [6.07, 6.45) is -1.10. The molecule has 26 heavy (non-hydrogen) atoms. The number of hydrogen-bond donors (Lipinski definition) is 1. The fourth-order valence-corrected chi connectivity index (χ4v) is 2.49. The van der Waals surface area contributed by atoms with Crippen LogP contribution in [0, 0.1) is 5.82 Å². The van der Waals surface area contributed by atoms with Crippen LogP contribution in [0.3, 0.4) is 0 Å². The quantitative estimate of drug-likeness (QED) is 0.808. The van der Waals surface area contributed by atoms with Gasteiger partial charge in [0.2, 0.25) is 6.79 Å². The Hall–Kier alpha value is -2.80. The van der Waals surface area contributed by atoms with Crippen molar-refractivity contribution in [2.75, 3.05) is 6.79 Å². The fourth-order valence-electron chi connectivity index (χ4n) is 2.32. The van der Waals surface area contributed by atoms with Gasteiger partial charge in [0.25, 0.3) is 5.91 Å². The van der Waals surface area contributed by atoms with E-state index in [-0.39, 0.29) is 23.9 Å². The van der Waals surface area contributed by atoms with E-state index in [2.05, 4.69) is 5.32 Å². The molecule has 1 atom stereocenters. The Balaban J connectivity index is 1.56. The summed E-state index contributed by atoms with van der Waals surface area (Å²) in [6.45, 7) is 1.77. The molecular weight excluding hydrogens is 365 g/mol. The third-order valence-electron chi connectivity index (χ3n) is 3.71. The maximum Gasteiger partial charge on any atom is 0.341 e. The zero-order chi connectivity index (χ0) is 18.7. The number of esters is 1. The molecule has 6 nitrogen and oxygen atoms in total. The van der Waals surface area contributed by atoms with E-state index in [1.54, 1.807) is 18.2 Å². The van der Waals surface area contributed by atoms with Crippen molar-refractivity contribution in [3.63, 3.8) is 0 Å². The fraction of sp³-hybridized carbons (Fsp3) is 0.222. The molecule has 0 saturated heterocycles. The molecule has 1 amide bonds. The van der Waals surface area contributed by atoms with Gasteiger partial charge in [0.05, 0.1) is 5.56 Å². The van der Waals surface area contributed by atoms with Gasteiger partial charge in [-0.3, -0.25) is 4.79 Å². The number of nitrogens with one attached hydrogen (secondary N) is 1. The summed E-state index contributed by atoms with van der Waals surface area (Å²) in [5, 5.41) is 2.83. The first-order valence-corrected chi connectivity index (χ1v) is 8.14. The van der Waals surface area contributed by atoms with E-state index in [0.29, 0.717) is 11.5 Å². The normalized spacial score (nSPS) is 13.2. The first-order valence-electron chi connectivity index (χ1n) is 7.76. The van der Waals surface area contributed by atoms with E-state index in [0.717, 1.165) is 17.7 Å². The number of fused-ring (bicyclic) bond motifs is 1. The Morgan fingerprint density at radius 2 is 2.00 bits per heavy atom. The van der Waals surface area contributed by atoms with Crippen molar-refractivity contribution in [2.24, 2.45) is 0 Å². The lowest BCUT2D eigenvalue weighted by Gasteiger charge is -2.14. The highest BCUT2D eigenvalue weighted by Gasteiger charge is 2.21. The number of amides is 1. The van der Waals surface area contributed by atoms with Crippen LogP contribution < -0.4 is 14.8 Å². The average molecular weight is 380 g/mol. The van der Waals surface area contributed by atoms with Gasteiger partial charge in [-0.05, 0) is 42.8 Å². The molecule has 0 bridgehead atoms. The van der Waals surface area contributed by atoms with Crippen LogP contribution >= 0.6 is 11.6 Å². The lowest BCUT2D eigenvalue weighted by atomic mass is 10.2. The molecule has 0 radical (unpaired) electrons. The minimum absolute atomic E-state index is 0.165. The second-order valence-corrected chi connectivity index (χ2v) is 6.01. The van der Waals surface area contributed by atoms with Crippen LogP contribution in [0.5, 0.6) is 11.5 Å². The van der Waals surface area contributed by atoms with Crippen LogP contribution in [0.1, 0.15) is 22.8 Å². The average Bonchev–Trinajstić information content (AvgIpc) is 3.09. The molecule has 1 heterocycles. The van der Waals surface area contributed by atoms with E-state index >= 15 is 0 Å². The van der Waals surface area contributed by atoms with Crippen molar-refractivity contribution in [2.45, 2.75) is 19.6 Å². The Morgan fingerprint density at radius 3 is 2.81 bits per heavy atom. The number of ether oxygens (including phenoxy) is 3. The lowest BCUT2D eigenvalue weighted by Crippen LogP contribution is -2.35. The predicted molar refractivity (Wildman–Crippen MR) is 90.7 cm³/mol. The van der Waals surface area contributed by atoms with E-state index in [1.807, 2.05) is 0 Å². The van der Waals surface area contributed by atoms with Crippen molar-refractivity contribution in [3.05, 3.63) is 58.4 Å². The molecule has 0 saturated carbocycles. The molecule has 1 aliphatic heterocycles. The minimum Gasteiger partial charge on any atom is -0.454 e. The van der Waals surface area contributed by atoms with Gasteiger partial charge in [-0.25, -0.2) is 9.18 Å². The summed E-state index contributed by atoms with van der Waals surface area (Å²) in [5.41, 5.74) is 0.468. The van der Waals surface area contributed by atoms with Gasteiger partial charge in [-0.2, -0.15) is 0 Å². The molecule has 1 aliphatic rings. The van der Waals surface area contributed by atoms with Crippen molar-refractivity contribution < 1.29 is 28.2 Å². The second kappa shape index (κ2) is 7.61. The van der Waals surface area contributed by atoms with Gasteiger partial charge in [0.15, 0.2) is 17.6 Å². The van der Waals surface area contributed by atoms with Crippen LogP contribution in [0.25, 0.3) is 0 Å². The summed E-state index contributed by atoms with van der Waals surface area (Å²) in [5.74, 6) is -1.000. The molecule has 0 aliphatic carbocycles. The number of rotatable bonds is 5. The van der Waals surface area contributed by atoms with Gasteiger partial charge in [-0.15, -0.1) is 0 Å². The van der Waals surface area contributed by atoms with Crippen molar-refractivity contribution >= 4 is 23.5 Å². The molecular formula is C18H15ClFNO5. The number of hydrogen-bond acceptors (Lipinski definition) is 5. The second-order valence-electron chi connectivity index (χ2n) is 5.58. The maximum atomic E-state index is 13.7. The largest absolute Gasteiger partial charge is 0.454 e. The number of benzene rings is 2. The molecule has 0 aromatic heterocycles. The van der Waals surface area contributed by atoms with E-state index in [1.165, 1.54) is 13.0 Å². The molecule has 3 rings (SSSR count). The highest BCUT2D eigenvalue weighted by Crippen LogP contribution is 2.32. The van der Waals surface area contributed by atoms with Crippen molar-refractivity contribution in [1.29, 1.82) is 0 Å². The van der Waals surface area contributed by atoms with E-state index in [9.17, 15) is 14.0 Å². The number of carbonyl (C=O) groups excluding carboxylic acids is 2. The van der Waals surface area contributed by atoms with E-state index in [4.69, 9.17) is 25.8 Å². The van der Waals surface area contributed by atoms with Gasteiger partial charge in [0.1, 0.15) is 5.82 Å². The molecule has 0 spiro atoms. The standard InChI is InChI=1S/C18H15ClFNO5/c1-10(26-18(23)13-7-12(19)3-4-14(13)20)17(22)21-8-11-2-5-15-16(6-11)25-9-24-15/h2-7,10H,8-9H2,1H3,(H,21,22). The first-order chi connectivity index (χ1) is 12.4. The van der Waals surface area contributed by atoms with Gasteiger partial charge in [0, 0.05) is 11.6 Å². The molecule has 2 aromatic rings. The Labute approximate surface area is 153 Å². The number of carbonyl (C=O) groups is 2. The predicted octanol–water partition coefficient (Wildman–Crippen LogP) is 3.07. The van der Waals surface area contributed by atoms with Gasteiger partial charge < -0.3 is 19.5 Å². The summed E-state index contributed by atoms with van der Waals surface area (Å²) in [4.78, 5) is 24.1. The maximum absolute atomic E-state index is 13.7. The van der Waals surface area contributed by atoms with Crippen LogP contribution in [0.2, 0.25) is 5.02 Å². The lowest BCUT2D eigenvalue weighted by molar-refractivity contribution is -0.129. The molecule has 136 valence electrons. The van der Waals surface area contributed by atoms with Crippen LogP contribution in [0.15, 0.2) is 36.4 Å². The topological polar surface area (TPSA) is 73.9 Å². The first kappa shape index (κ1) is 18.0. The summed E-state index contributed by atoms with van der Waals surface area (Å²) < 4.78 is 29.1. The molecule has 2 aromatic carbocycles. The molecule has 0 fully saturated rings. The van der Waals surface area contributed by atoms with Crippen LogP contribution in [-0.4, -0.2) is 24.8 Å². The zero-order valence-electron chi connectivity index (χ0n) is 13.8.